The maximum Gasteiger partial charge on any atom is 0.319 e. The van der Waals surface area contributed by atoms with Crippen LogP contribution in [0.15, 0.2) is 72.2 Å². The second kappa shape index (κ2) is 25.5. The number of carbonyl (C=O) groups is 3. The number of nitriles is 1. The Morgan fingerprint density at radius 2 is 1.74 bits per heavy atom. The number of piperidine rings is 2. The van der Waals surface area contributed by atoms with Crippen LogP contribution >= 0.6 is 22.9 Å². The molecule has 80 heavy (non-hydrogen) atoms. The molecule has 17 nitrogen and oxygen atoms in total. The molecule has 4 N–H and O–H groups in total. The molecule has 3 aliphatic heterocycles. The van der Waals surface area contributed by atoms with Crippen molar-refractivity contribution in [2.24, 2.45) is 11.3 Å². The maximum atomic E-state index is 17.2. The van der Waals surface area contributed by atoms with Gasteiger partial charge in [0.2, 0.25) is 17.7 Å². The number of aliphatic hydroxyl groups excluding tert-OH is 1. The number of aryl methyl sites for hydroxylation is 1. The molecule has 6 atom stereocenters. The normalized spacial score (nSPS) is 19.4. The van der Waals surface area contributed by atoms with Gasteiger partial charge >= 0.3 is 6.01 Å². The molecule has 9 rings (SSSR count). The van der Waals surface area contributed by atoms with Crippen molar-refractivity contribution in [3.05, 3.63) is 94.3 Å². The molecule has 20 heteroatoms. The van der Waals surface area contributed by atoms with Crippen LogP contribution in [0.5, 0.6) is 11.8 Å². The molecule has 0 radical (unpaired) electrons. The third kappa shape index (κ3) is 13.6. The maximum absolute atomic E-state index is 17.2. The number of hydrogen-bond acceptors (Lipinski definition) is 15. The second-order valence-corrected chi connectivity index (χ2v) is 23.8. The van der Waals surface area contributed by atoms with Crippen molar-refractivity contribution in [3.63, 3.8) is 0 Å². The minimum Gasteiger partial charge on any atom is -0.508 e. The summed E-state index contributed by atoms with van der Waals surface area (Å²) < 4.78 is 35.5. The van der Waals surface area contributed by atoms with E-state index in [4.69, 9.17) is 30.8 Å². The predicted octanol–water partition coefficient (Wildman–Crippen LogP) is 9.15. The molecule has 0 bridgehead atoms. The number of amides is 3. The van der Waals surface area contributed by atoms with E-state index in [9.17, 15) is 29.9 Å². The fourth-order valence-electron chi connectivity index (χ4n) is 11.3. The highest BCUT2D eigenvalue weighted by atomic mass is 35.5. The Bertz CT molecular complexity index is 3240. The van der Waals surface area contributed by atoms with E-state index in [0.29, 0.717) is 42.8 Å². The summed E-state index contributed by atoms with van der Waals surface area (Å²) >= 11 is 8.52. The topological polar surface area (TPSA) is 216 Å². The molecule has 0 spiro atoms. The number of thiazole rings is 1. The molecule has 6 aromatic rings. The standard InChI is InChI=1S/C60H71ClFN9O8S/c1-35(79-59-67-53-47(56(68-59)70-21-9-10-38(31-70)17-20-63)29-48(61)51(52(53)62)46-27-42(72)26-41-11-7-8-12-45(41)46)30-69-22-18-44(19-23-69)78-25-24-77-33-50(74)66-55(60(4,5)6)58(76)71-32-43(73)28-49(71)57(75)65-36(2)39-13-15-40(16-14-39)54-37(3)64-34-80-54/h7-8,11-16,26-27,29,34-36,38,43-44,49,55,72-73H,9-10,17-19,21-25,28,30-33H2,1-6H3,(H,65,75)(H,66,74)/t35-,36+,38+,43-,49+,55-/m1/s1. The van der Waals surface area contributed by atoms with Gasteiger partial charge in [0.25, 0.3) is 0 Å². The highest BCUT2D eigenvalue weighted by Crippen LogP contribution is 2.43. The Hall–Kier alpha value is -6.53. The van der Waals surface area contributed by atoms with E-state index >= 15 is 4.39 Å². The Morgan fingerprint density at radius 1 is 0.975 bits per heavy atom. The van der Waals surface area contributed by atoms with Gasteiger partial charge < -0.3 is 44.9 Å². The lowest BCUT2D eigenvalue weighted by Gasteiger charge is -2.35. The molecule has 0 saturated carbocycles. The zero-order chi connectivity index (χ0) is 56.8. The quantitative estimate of drug-likeness (QED) is 0.0557. The number of aromatic hydroxyl groups is 1. The lowest BCUT2D eigenvalue weighted by Crippen LogP contribution is -2.58. The molecule has 0 aliphatic carbocycles. The number of β-amino-alcohol motifs (C(OH)–C–C–N with tert-alkyl or cyclic N) is 1. The molecule has 3 fully saturated rings. The van der Waals surface area contributed by atoms with Crippen molar-refractivity contribution < 1.29 is 43.2 Å². The number of halogens is 2. The van der Waals surface area contributed by atoms with Gasteiger partial charge in [0.05, 0.1) is 58.6 Å². The van der Waals surface area contributed by atoms with E-state index in [1.807, 2.05) is 95.6 Å². The van der Waals surface area contributed by atoms with Gasteiger partial charge in [-0.2, -0.15) is 15.2 Å². The summed E-state index contributed by atoms with van der Waals surface area (Å²) in [5, 5.41) is 38.8. The molecule has 0 unspecified atom stereocenters. The Kier molecular flexibility index (Phi) is 18.5. The smallest absolute Gasteiger partial charge is 0.319 e. The van der Waals surface area contributed by atoms with Crippen molar-refractivity contribution >= 4 is 68.2 Å². The summed E-state index contributed by atoms with van der Waals surface area (Å²) in [6.45, 7) is 14.6. The minimum absolute atomic E-state index is 0.0227. The summed E-state index contributed by atoms with van der Waals surface area (Å²) in [5.41, 5.74) is 4.55. The van der Waals surface area contributed by atoms with E-state index in [1.54, 1.807) is 23.5 Å². The Balaban J connectivity index is 0.752. The van der Waals surface area contributed by atoms with Crippen LogP contribution in [0.4, 0.5) is 10.2 Å². The molecule has 3 aliphatic rings. The number of hydrogen-bond donors (Lipinski definition) is 4. The predicted molar refractivity (Wildman–Crippen MR) is 307 cm³/mol. The highest BCUT2D eigenvalue weighted by Gasteiger charge is 2.45. The fraction of sp³-hybridized carbons (Fsp3) is 0.483. The van der Waals surface area contributed by atoms with Crippen LogP contribution in [0.3, 0.4) is 0 Å². The van der Waals surface area contributed by atoms with Crippen LogP contribution < -0.4 is 20.3 Å². The van der Waals surface area contributed by atoms with Crippen LogP contribution in [-0.4, -0.2) is 142 Å². The number of phenols is 1. The van der Waals surface area contributed by atoms with Gasteiger partial charge in [0.15, 0.2) is 5.82 Å². The summed E-state index contributed by atoms with van der Waals surface area (Å²) in [7, 11) is 0. The second-order valence-electron chi connectivity index (χ2n) is 22.5. The van der Waals surface area contributed by atoms with E-state index in [0.717, 1.165) is 71.2 Å². The molecule has 2 aromatic heterocycles. The van der Waals surface area contributed by atoms with Gasteiger partial charge in [-0.05, 0) is 103 Å². The van der Waals surface area contributed by atoms with Crippen molar-refractivity contribution in [3.8, 4) is 39.4 Å². The van der Waals surface area contributed by atoms with E-state index in [2.05, 4.69) is 36.5 Å². The van der Waals surface area contributed by atoms with E-state index in [1.165, 1.54) is 11.0 Å². The summed E-state index contributed by atoms with van der Waals surface area (Å²) in [6, 6.07) is 20.2. The lowest BCUT2D eigenvalue weighted by molar-refractivity contribution is -0.144. The number of nitrogens with zero attached hydrogens (tertiary/aromatic N) is 7. The third-order valence-corrected chi connectivity index (χ3v) is 16.7. The first-order valence-electron chi connectivity index (χ1n) is 27.6. The largest absolute Gasteiger partial charge is 0.508 e. The van der Waals surface area contributed by atoms with Crippen molar-refractivity contribution in [2.45, 2.75) is 117 Å². The number of fused-ring (bicyclic) bond motifs is 2. The Morgan fingerprint density at radius 3 is 2.46 bits per heavy atom. The molecular weight excluding hydrogens is 1060 g/mol. The molecule has 4 aromatic carbocycles. The van der Waals surface area contributed by atoms with Crippen LogP contribution in [0.1, 0.15) is 90.4 Å². The summed E-state index contributed by atoms with van der Waals surface area (Å²) in [4.78, 5) is 61.9. The monoisotopic (exact) mass is 1130 g/mol. The lowest BCUT2D eigenvalue weighted by atomic mass is 9.85. The third-order valence-electron chi connectivity index (χ3n) is 15.4. The molecule has 3 amide bonds. The van der Waals surface area contributed by atoms with E-state index in [-0.39, 0.29) is 90.7 Å². The summed E-state index contributed by atoms with van der Waals surface area (Å²) in [6.07, 6.45) is 2.40. The first-order chi connectivity index (χ1) is 38.3. The number of anilines is 1. The van der Waals surface area contributed by atoms with Crippen molar-refractivity contribution in [2.75, 3.05) is 64.0 Å². The first-order valence-corrected chi connectivity index (χ1v) is 28.8. The number of aromatic nitrogens is 3. The molecule has 3 saturated heterocycles. The number of phenolic OH excluding ortho intramolecular Hbond substituents is 1. The highest BCUT2D eigenvalue weighted by molar-refractivity contribution is 7.13. The Labute approximate surface area is 475 Å². The van der Waals surface area contributed by atoms with Gasteiger partial charge in [-0.3, -0.25) is 19.3 Å². The minimum atomic E-state index is -0.996. The number of benzene rings is 4. The van der Waals surface area contributed by atoms with Crippen LogP contribution in [0.2, 0.25) is 5.02 Å². The van der Waals surface area contributed by atoms with Gasteiger partial charge in [-0.15, -0.1) is 11.3 Å². The van der Waals surface area contributed by atoms with Crippen LogP contribution in [-0.2, 0) is 23.9 Å². The zero-order valence-electron chi connectivity index (χ0n) is 46.2. The van der Waals surface area contributed by atoms with Crippen LogP contribution in [0, 0.1) is 35.4 Å². The first kappa shape index (κ1) is 58.1. The van der Waals surface area contributed by atoms with E-state index < -0.39 is 41.2 Å². The van der Waals surface area contributed by atoms with Gasteiger partial charge in [0, 0.05) is 63.1 Å². The molecular formula is C60H71ClFN9O8S. The number of aliphatic hydroxyl groups is 1. The van der Waals surface area contributed by atoms with Gasteiger partial charge in [-0.25, -0.2) is 9.37 Å². The van der Waals surface area contributed by atoms with Gasteiger partial charge in [-0.1, -0.05) is 80.9 Å². The van der Waals surface area contributed by atoms with Crippen LogP contribution in [0.25, 0.3) is 43.2 Å². The number of ether oxygens (including phenoxy) is 3. The number of rotatable bonds is 19. The van der Waals surface area contributed by atoms with Gasteiger partial charge in [0.1, 0.15) is 41.9 Å². The number of carbonyl (C=O) groups excluding carboxylic acids is 3. The number of nitrogens with one attached hydrogen (secondary N) is 2. The van der Waals surface area contributed by atoms with Crippen molar-refractivity contribution in [1.29, 1.82) is 5.26 Å². The SMILES string of the molecule is Cc1ncsc1-c1ccc([C@H](C)NC(=O)[C@@H]2C[C@@H](O)CN2C(=O)[C@@H](NC(=O)COCCOC2CCN(C[C@@H](C)Oc3nc(N4CCC[C@@H](CC#N)C4)c4cc(Cl)c(-c5cc(O)cc6ccccc56)c(F)c4n3)CC2)C(C)(C)C)cc1. The molecule has 424 valence electrons. The fourth-order valence-corrected chi connectivity index (χ4v) is 12.4. The summed E-state index contributed by atoms with van der Waals surface area (Å²) in [5.74, 6) is -1.40. The average Bonchev–Trinajstić information content (AvgIpc) is 4.08. The average molecular weight is 1130 g/mol. The number of likely N-dealkylation sites (tertiary alicyclic amines) is 2. The molecule has 5 heterocycles. The zero-order valence-corrected chi connectivity index (χ0v) is 47.8. The van der Waals surface area contributed by atoms with Crippen molar-refractivity contribution in [1.82, 2.24) is 35.4 Å².